The van der Waals surface area contributed by atoms with Gasteiger partial charge in [-0.3, -0.25) is 0 Å². The summed E-state index contributed by atoms with van der Waals surface area (Å²) < 4.78 is 21.3. The maximum Gasteiger partial charge on any atom is 0.517 e. The number of hydrogen-bond acceptors (Lipinski definition) is 4. The summed E-state index contributed by atoms with van der Waals surface area (Å²) >= 11 is 0. The van der Waals surface area contributed by atoms with Crippen LogP contribution in [0.1, 0.15) is 0 Å². The molecule has 5 aromatic carbocycles. The predicted octanol–water partition coefficient (Wildman–Crippen LogP) is 2.40. The van der Waals surface area contributed by atoms with E-state index in [1.54, 1.807) is 0 Å². The zero-order valence-electron chi connectivity index (χ0n) is 20.1. The summed E-state index contributed by atoms with van der Waals surface area (Å²) in [5.74, 6) is 0. The van der Waals surface area contributed by atoms with Gasteiger partial charge in [0.2, 0.25) is 0 Å². The Labute approximate surface area is 220 Å². The monoisotopic (exact) mass is 534 g/mol. The summed E-state index contributed by atoms with van der Waals surface area (Å²) in [5.41, 5.74) is 0. The molecule has 0 unspecified atom stereocenters. The van der Waals surface area contributed by atoms with E-state index in [0.29, 0.717) is 5.19 Å². The molecule has 0 saturated carbocycles. The highest BCUT2D eigenvalue weighted by molar-refractivity contribution is 7.12. The quantitative estimate of drug-likeness (QED) is 0.352. The molecule has 0 amide bonds. The molecule has 0 aliphatic carbocycles. The molecule has 1 aliphatic heterocycles. The fraction of sp³-hybridized carbons (Fsp3) is 0. The molecule has 1 aliphatic rings. The van der Waals surface area contributed by atoms with Gasteiger partial charge in [0.15, 0.2) is 0 Å². The molecule has 0 spiro atoms. The van der Waals surface area contributed by atoms with Gasteiger partial charge in [-0.1, -0.05) is 152 Å². The molecule has 0 radical (unpaired) electrons. The van der Waals surface area contributed by atoms with Crippen molar-refractivity contribution < 1.29 is 17.1 Å². The van der Waals surface area contributed by atoms with Gasteiger partial charge in [-0.25, -0.2) is 0 Å². The van der Waals surface area contributed by atoms with E-state index in [2.05, 4.69) is 0 Å². The van der Waals surface area contributed by atoms with E-state index < -0.39 is 25.9 Å². The first kappa shape index (κ1) is 24.0. The van der Waals surface area contributed by atoms with Crippen LogP contribution in [0.15, 0.2) is 152 Å². The van der Waals surface area contributed by atoms with E-state index in [9.17, 15) is 4.80 Å². The predicted molar refractivity (Wildman–Crippen MR) is 153 cm³/mol. The lowest BCUT2D eigenvalue weighted by molar-refractivity contribution is 0.187. The van der Waals surface area contributed by atoms with E-state index >= 15 is 0 Å². The van der Waals surface area contributed by atoms with Crippen molar-refractivity contribution in [2.24, 2.45) is 0 Å². The van der Waals surface area contributed by atoms with Crippen LogP contribution in [0.25, 0.3) is 0 Å². The maximum atomic E-state index is 12.5. The molecule has 5 aromatic rings. The Morgan fingerprint density at radius 2 is 0.568 bits per heavy atom. The largest absolute Gasteiger partial charge is 0.517 e. The van der Waals surface area contributed by atoms with Crippen molar-refractivity contribution in [1.29, 1.82) is 0 Å². The Bertz CT molecular complexity index is 1280. The van der Waals surface area contributed by atoms with E-state index in [-0.39, 0.29) is 0 Å². The van der Waals surface area contributed by atoms with Crippen LogP contribution in [-0.4, -0.2) is 30.7 Å². The molecular weight excluding hydrogens is 509 g/mol. The van der Waals surface area contributed by atoms with Gasteiger partial charge in [0.25, 0.3) is 0 Å². The summed E-state index contributed by atoms with van der Waals surface area (Å²) in [6, 6.07) is 49.7. The highest BCUT2D eigenvalue weighted by atomic mass is 28.5. The number of hydrogen-bond donors (Lipinski definition) is 1. The number of benzene rings is 5. The van der Waals surface area contributed by atoms with Crippen molar-refractivity contribution in [2.45, 2.75) is 0 Å². The molecule has 7 heteroatoms. The third kappa shape index (κ3) is 4.26. The normalized spacial score (nSPS) is 17.6. The van der Waals surface area contributed by atoms with Crippen LogP contribution in [0.3, 0.4) is 0 Å². The van der Waals surface area contributed by atoms with Crippen molar-refractivity contribution in [2.75, 3.05) is 0 Å². The lowest BCUT2D eigenvalue weighted by Gasteiger charge is -2.51. The van der Waals surface area contributed by atoms with Gasteiger partial charge in [0.1, 0.15) is 0 Å². The third-order valence-corrected chi connectivity index (χ3v) is 18.9. The average Bonchev–Trinajstić information content (AvgIpc) is 2.99. The van der Waals surface area contributed by atoms with Gasteiger partial charge in [0, 0.05) is 5.19 Å². The molecule has 0 atom stereocenters. The van der Waals surface area contributed by atoms with Gasteiger partial charge >= 0.3 is 25.9 Å². The van der Waals surface area contributed by atoms with Crippen LogP contribution in [0.4, 0.5) is 0 Å². The molecular formula is C30H26O4Si3. The summed E-state index contributed by atoms with van der Waals surface area (Å²) in [7, 11) is -11.0. The molecule has 1 N–H and O–H groups in total. The summed E-state index contributed by atoms with van der Waals surface area (Å²) in [4.78, 5) is 12.5. The van der Waals surface area contributed by atoms with Crippen LogP contribution >= 0.6 is 0 Å². The van der Waals surface area contributed by atoms with E-state index in [0.717, 1.165) is 20.7 Å². The molecule has 1 heterocycles. The summed E-state index contributed by atoms with van der Waals surface area (Å²) in [6.45, 7) is 0. The zero-order chi connectivity index (χ0) is 25.2. The average molecular weight is 535 g/mol. The first-order chi connectivity index (χ1) is 18.1. The van der Waals surface area contributed by atoms with Crippen molar-refractivity contribution in [3.8, 4) is 0 Å². The molecule has 0 bridgehead atoms. The lowest BCUT2D eigenvalue weighted by atomic mass is 10.4. The fourth-order valence-electron chi connectivity index (χ4n) is 4.86. The first-order valence-corrected chi connectivity index (χ1v) is 17.6. The molecule has 6 rings (SSSR count). The summed E-state index contributed by atoms with van der Waals surface area (Å²) in [6.07, 6.45) is 0. The molecule has 182 valence electrons. The molecule has 0 aromatic heterocycles. The zero-order valence-corrected chi connectivity index (χ0v) is 23.1. The Kier molecular flexibility index (Phi) is 6.35. The van der Waals surface area contributed by atoms with E-state index in [1.807, 2.05) is 152 Å². The van der Waals surface area contributed by atoms with E-state index in [4.69, 9.17) is 12.3 Å². The smallest absolute Gasteiger partial charge is 0.402 e. The Hall–Kier alpha value is -3.41. The summed E-state index contributed by atoms with van der Waals surface area (Å²) in [5, 5.41) is 4.36. The van der Waals surface area contributed by atoms with Crippen LogP contribution in [0.2, 0.25) is 0 Å². The molecule has 1 saturated heterocycles. The van der Waals surface area contributed by atoms with Gasteiger partial charge in [-0.2, -0.15) is 0 Å². The second-order valence-corrected chi connectivity index (χ2v) is 17.9. The third-order valence-electron chi connectivity index (χ3n) is 6.61. The Balaban J connectivity index is 1.70. The maximum absolute atomic E-state index is 12.5. The van der Waals surface area contributed by atoms with Crippen molar-refractivity contribution >= 4 is 51.9 Å². The van der Waals surface area contributed by atoms with Gasteiger partial charge in [-0.05, 0) is 20.7 Å². The molecule has 1 fully saturated rings. The van der Waals surface area contributed by atoms with Crippen molar-refractivity contribution in [3.63, 3.8) is 0 Å². The van der Waals surface area contributed by atoms with Crippen molar-refractivity contribution in [3.05, 3.63) is 152 Å². The fourth-order valence-corrected chi connectivity index (χ4v) is 19.7. The SMILES string of the molecule is O[Si]1(c2ccccc2)O[Si](c2ccccc2)(c2ccccc2)O[Si](c2ccccc2)(c2ccccc2)O1. The second kappa shape index (κ2) is 9.81. The van der Waals surface area contributed by atoms with Crippen LogP contribution in [-0.2, 0) is 12.3 Å². The Morgan fingerprint density at radius 3 is 0.838 bits per heavy atom. The Morgan fingerprint density at radius 1 is 0.324 bits per heavy atom. The van der Waals surface area contributed by atoms with Crippen LogP contribution in [0, 0.1) is 0 Å². The van der Waals surface area contributed by atoms with Gasteiger partial charge in [0.05, 0.1) is 0 Å². The first-order valence-electron chi connectivity index (χ1n) is 12.3. The minimum atomic E-state index is -4.02. The number of rotatable bonds is 5. The standard InChI is InChI=1S/C30H26O4Si3/c31-37(30-24-14-5-15-25-30)33-35(26-16-6-1-7-17-26,27-18-8-2-9-19-27)32-36(34-37,28-20-10-3-11-21-28)29-22-12-4-13-23-29/h1-25,31H. The highest BCUT2D eigenvalue weighted by Crippen LogP contribution is 2.30. The minimum Gasteiger partial charge on any atom is -0.402 e. The lowest BCUT2D eigenvalue weighted by Crippen LogP contribution is -2.86. The van der Waals surface area contributed by atoms with Crippen molar-refractivity contribution in [1.82, 2.24) is 0 Å². The molecule has 37 heavy (non-hydrogen) atoms. The topological polar surface area (TPSA) is 47.9 Å². The minimum absolute atomic E-state index is 0.658. The van der Waals surface area contributed by atoms with Crippen LogP contribution in [0.5, 0.6) is 0 Å². The van der Waals surface area contributed by atoms with E-state index in [1.165, 1.54) is 0 Å². The second-order valence-electron chi connectivity index (χ2n) is 8.95. The van der Waals surface area contributed by atoms with Crippen LogP contribution < -0.4 is 25.9 Å². The molecule has 4 nitrogen and oxygen atoms in total. The highest BCUT2D eigenvalue weighted by Gasteiger charge is 2.67. The van der Waals surface area contributed by atoms with Gasteiger partial charge < -0.3 is 17.1 Å². The van der Waals surface area contributed by atoms with Gasteiger partial charge in [-0.15, -0.1) is 0 Å².